The van der Waals surface area contributed by atoms with E-state index >= 15 is 0 Å². The van der Waals surface area contributed by atoms with Crippen molar-refractivity contribution < 1.29 is 4.79 Å². The van der Waals surface area contributed by atoms with Gasteiger partial charge in [0.05, 0.1) is 0 Å². The van der Waals surface area contributed by atoms with Crippen LogP contribution in [0.1, 0.15) is 42.6 Å². The predicted molar refractivity (Wildman–Crippen MR) is 123 cm³/mol. The van der Waals surface area contributed by atoms with Crippen molar-refractivity contribution in [1.29, 1.82) is 0 Å². The third-order valence-corrected chi connectivity index (χ3v) is 6.59. The molecule has 6 heteroatoms. The highest BCUT2D eigenvalue weighted by Crippen LogP contribution is 2.25. The number of hydrogen-bond donors (Lipinski definition) is 1. The van der Waals surface area contributed by atoms with E-state index in [0.717, 1.165) is 48.0 Å². The van der Waals surface area contributed by atoms with Crippen LogP contribution in [0.4, 0.5) is 5.69 Å². The van der Waals surface area contributed by atoms with Crippen molar-refractivity contribution in [3.8, 4) is 11.4 Å². The van der Waals surface area contributed by atoms with E-state index in [1.807, 2.05) is 24.3 Å². The highest BCUT2D eigenvalue weighted by molar-refractivity contribution is 7.99. The number of carbonyl (C=O) groups excluding carboxylic acids is 1. The number of thioether (sulfide) groups is 1. The molecule has 0 bridgehead atoms. The first-order valence-electron chi connectivity index (χ1n) is 10.6. The number of aromatic nitrogens is 3. The van der Waals surface area contributed by atoms with E-state index in [0.29, 0.717) is 6.42 Å². The molecule has 0 radical (unpaired) electrons. The van der Waals surface area contributed by atoms with Gasteiger partial charge >= 0.3 is 0 Å². The van der Waals surface area contributed by atoms with Gasteiger partial charge in [0.1, 0.15) is 5.82 Å². The molecular formula is C24H28N4OS. The van der Waals surface area contributed by atoms with Gasteiger partial charge in [0.2, 0.25) is 5.91 Å². The van der Waals surface area contributed by atoms with E-state index in [9.17, 15) is 4.79 Å². The molecule has 1 aromatic heterocycles. The van der Waals surface area contributed by atoms with Gasteiger partial charge < -0.3 is 9.88 Å². The number of carbonyl (C=O) groups is 1. The van der Waals surface area contributed by atoms with Crippen molar-refractivity contribution in [2.75, 3.05) is 11.1 Å². The van der Waals surface area contributed by atoms with Crippen molar-refractivity contribution in [3.63, 3.8) is 0 Å². The Bertz CT molecular complexity index is 1040. The predicted octanol–water partition coefficient (Wildman–Crippen LogP) is 5.41. The number of aryl methyl sites for hydroxylation is 3. The molecule has 0 saturated carbocycles. The topological polar surface area (TPSA) is 59.8 Å². The molecule has 0 saturated heterocycles. The van der Waals surface area contributed by atoms with Gasteiger partial charge in [0.25, 0.3) is 0 Å². The Kier molecular flexibility index (Phi) is 6.53. The lowest BCUT2D eigenvalue weighted by molar-refractivity contribution is -0.115. The van der Waals surface area contributed by atoms with E-state index in [1.54, 1.807) is 11.8 Å². The zero-order valence-corrected chi connectivity index (χ0v) is 18.5. The molecular weight excluding hydrogens is 392 g/mol. The Morgan fingerprint density at radius 3 is 2.83 bits per heavy atom. The molecule has 2 aromatic carbocycles. The first-order valence-corrected chi connectivity index (χ1v) is 11.6. The molecule has 0 fully saturated rings. The minimum Gasteiger partial charge on any atom is -0.326 e. The average Bonchev–Trinajstić information content (AvgIpc) is 2.99. The summed E-state index contributed by atoms with van der Waals surface area (Å²) in [5.41, 5.74) is 4.38. The van der Waals surface area contributed by atoms with Crippen LogP contribution < -0.4 is 5.32 Å². The molecule has 3 aromatic rings. The molecule has 1 aliphatic rings. The normalized spacial score (nSPS) is 13.5. The Balaban J connectivity index is 1.37. The molecule has 1 N–H and O–H groups in total. The van der Waals surface area contributed by atoms with Crippen LogP contribution in [0.3, 0.4) is 0 Å². The summed E-state index contributed by atoms with van der Waals surface area (Å²) in [6, 6.07) is 14.4. The Morgan fingerprint density at radius 1 is 1.07 bits per heavy atom. The highest BCUT2D eigenvalue weighted by Gasteiger charge is 2.16. The number of amides is 1. The maximum Gasteiger partial charge on any atom is 0.225 e. The van der Waals surface area contributed by atoms with Gasteiger partial charge in [0.15, 0.2) is 5.82 Å². The van der Waals surface area contributed by atoms with E-state index in [4.69, 9.17) is 0 Å². The van der Waals surface area contributed by atoms with Gasteiger partial charge in [0, 0.05) is 41.3 Å². The molecule has 0 spiro atoms. The summed E-state index contributed by atoms with van der Waals surface area (Å²) in [7, 11) is 0. The van der Waals surface area contributed by atoms with Crippen molar-refractivity contribution in [2.24, 2.45) is 0 Å². The van der Waals surface area contributed by atoms with Gasteiger partial charge in [-0.15, -0.1) is 22.0 Å². The fraction of sp³-hybridized carbons (Fsp3) is 0.375. The molecule has 4 rings (SSSR count). The monoisotopic (exact) mass is 420 g/mol. The van der Waals surface area contributed by atoms with Crippen LogP contribution >= 0.6 is 11.8 Å². The van der Waals surface area contributed by atoms with E-state index in [-0.39, 0.29) is 5.91 Å². The Hall–Kier alpha value is -2.60. The average molecular weight is 421 g/mol. The molecule has 1 amide bonds. The van der Waals surface area contributed by atoms with Crippen LogP contribution in [-0.2, 0) is 17.8 Å². The van der Waals surface area contributed by atoms with Crippen LogP contribution in [0.2, 0.25) is 0 Å². The van der Waals surface area contributed by atoms with E-state index < -0.39 is 0 Å². The van der Waals surface area contributed by atoms with Crippen LogP contribution in [0.5, 0.6) is 0 Å². The maximum atomic E-state index is 12.4. The van der Waals surface area contributed by atoms with Crippen LogP contribution in [0.25, 0.3) is 11.4 Å². The molecule has 0 unspecified atom stereocenters. The standard InChI is InChI=1S/C24H28N4OS/c1-17-10-11-21(15-18(17)2)30-14-12-23(29)25-20-8-6-7-19(16-20)24-27-26-22-9-4-3-5-13-28(22)24/h6-8,10-11,15-16H,3-5,9,12-14H2,1-2H3,(H,25,29). The Morgan fingerprint density at radius 2 is 1.97 bits per heavy atom. The Labute approximate surface area is 182 Å². The number of rotatable bonds is 6. The van der Waals surface area contributed by atoms with Crippen LogP contribution in [0, 0.1) is 13.8 Å². The molecule has 1 aliphatic heterocycles. The summed E-state index contributed by atoms with van der Waals surface area (Å²) in [4.78, 5) is 13.7. The molecule has 0 atom stereocenters. The van der Waals surface area contributed by atoms with Crippen LogP contribution in [-0.4, -0.2) is 26.4 Å². The summed E-state index contributed by atoms with van der Waals surface area (Å²) >= 11 is 1.72. The zero-order valence-electron chi connectivity index (χ0n) is 17.6. The molecule has 156 valence electrons. The molecule has 30 heavy (non-hydrogen) atoms. The minimum absolute atomic E-state index is 0.0311. The lowest BCUT2D eigenvalue weighted by atomic mass is 10.1. The van der Waals surface area contributed by atoms with Gasteiger partial charge in [-0.05, 0) is 62.1 Å². The number of nitrogens with zero attached hydrogens (tertiary/aromatic N) is 3. The van der Waals surface area contributed by atoms with Crippen molar-refractivity contribution in [2.45, 2.75) is 57.4 Å². The van der Waals surface area contributed by atoms with Crippen molar-refractivity contribution >= 4 is 23.4 Å². The van der Waals surface area contributed by atoms with Gasteiger partial charge in [-0.3, -0.25) is 4.79 Å². The number of fused-ring (bicyclic) bond motifs is 1. The summed E-state index contributed by atoms with van der Waals surface area (Å²) in [6.07, 6.45) is 5.03. The first-order chi connectivity index (χ1) is 14.6. The molecule has 2 heterocycles. The minimum atomic E-state index is 0.0311. The largest absolute Gasteiger partial charge is 0.326 e. The third kappa shape index (κ3) is 4.93. The van der Waals surface area contributed by atoms with Crippen molar-refractivity contribution in [3.05, 3.63) is 59.4 Å². The highest BCUT2D eigenvalue weighted by atomic mass is 32.2. The maximum absolute atomic E-state index is 12.4. The lowest BCUT2D eigenvalue weighted by Gasteiger charge is -2.10. The van der Waals surface area contributed by atoms with Gasteiger partial charge in [-0.2, -0.15) is 0 Å². The summed E-state index contributed by atoms with van der Waals surface area (Å²) in [6.45, 7) is 5.19. The van der Waals surface area contributed by atoms with Gasteiger partial charge in [-0.25, -0.2) is 0 Å². The second-order valence-electron chi connectivity index (χ2n) is 7.88. The third-order valence-electron chi connectivity index (χ3n) is 5.59. The van der Waals surface area contributed by atoms with Crippen LogP contribution in [0.15, 0.2) is 47.4 Å². The smallest absolute Gasteiger partial charge is 0.225 e. The number of nitrogens with one attached hydrogen (secondary N) is 1. The number of benzene rings is 2. The SMILES string of the molecule is Cc1ccc(SCCC(=O)Nc2cccc(-c3nnc4n3CCCCC4)c2)cc1C. The fourth-order valence-corrected chi connectivity index (χ4v) is 4.67. The fourth-order valence-electron chi connectivity index (χ4n) is 3.72. The number of anilines is 1. The number of hydrogen-bond acceptors (Lipinski definition) is 4. The second kappa shape index (κ2) is 9.47. The zero-order chi connectivity index (χ0) is 20.9. The molecule has 0 aliphatic carbocycles. The van der Waals surface area contributed by atoms with E-state index in [2.05, 4.69) is 52.1 Å². The van der Waals surface area contributed by atoms with Crippen molar-refractivity contribution in [1.82, 2.24) is 14.8 Å². The molecule has 5 nitrogen and oxygen atoms in total. The summed E-state index contributed by atoms with van der Waals surface area (Å²) in [5, 5.41) is 11.8. The quantitative estimate of drug-likeness (QED) is 0.542. The first kappa shape index (κ1) is 20.7. The van der Waals surface area contributed by atoms with E-state index in [1.165, 1.54) is 28.9 Å². The lowest BCUT2D eigenvalue weighted by Crippen LogP contribution is -2.12. The summed E-state index contributed by atoms with van der Waals surface area (Å²) < 4.78 is 2.23. The summed E-state index contributed by atoms with van der Waals surface area (Å²) in [5.74, 6) is 2.75. The second-order valence-corrected chi connectivity index (χ2v) is 9.04. The van der Waals surface area contributed by atoms with Gasteiger partial charge in [-0.1, -0.05) is 24.6 Å².